The monoisotopic (exact) mass is 314 g/mol. The van der Waals surface area contributed by atoms with Crippen LogP contribution in [-0.4, -0.2) is 34.0 Å². The number of pyridine rings is 1. The Hall–Kier alpha value is -2.64. The molecular weight excluding hydrogens is 299 g/mol. The van der Waals surface area contributed by atoms with E-state index in [0.29, 0.717) is 17.3 Å². The minimum absolute atomic E-state index is 0.314. The van der Waals surface area contributed by atoms with Gasteiger partial charge in [0.25, 0.3) is 0 Å². The second-order valence-electron chi connectivity index (χ2n) is 4.72. The molecule has 0 aliphatic heterocycles. The molecule has 23 heavy (non-hydrogen) atoms. The van der Waals surface area contributed by atoms with Crippen LogP contribution in [0.4, 0.5) is 4.39 Å². The number of hydrogen-bond acceptors (Lipinski definition) is 5. The molecule has 0 radical (unpaired) electrons. The molecule has 7 heteroatoms. The Morgan fingerprint density at radius 2 is 1.65 bits per heavy atom. The van der Waals surface area contributed by atoms with E-state index in [-0.39, 0.29) is 5.82 Å². The van der Waals surface area contributed by atoms with Gasteiger partial charge >= 0.3 is 0 Å². The molecule has 6 nitrogen and oxygen atoms in total. The molecule has 0 fully saturated rings. The summed E-state index contributed by atoms with van der Waals surface area (Å²) in [6, 6.07) is 9.65. The largest absolute Gasteiger partial charge is 0.349 e. The summed E-state index contributed by atoms with van der Waals surface area (Å²) in [7, 11) is 3.03. The summed E-state index contributed by atoms with van der Waals surface area (Å²) in [5, 5.41) is 4.44. The van der Waals surface area contributed by atoms with Gasteiger partial charge in [0.05, 0.1) is 5.69 Å². The zero-order valence-electron chi connectivity index (χ0n) is 12.7. The fourth-order valence-electron chi connectivity index (χ4n) is 2.19. The highest BCUT2D eigenvalue weighted by Gasteiger charge is 2.20. The third-order valence-corrected chi connectivity index (χ3v) is 3.27. The minimum atomic E-state index is -0.683. The highest BCUT2D eigenvalue weighted by Crippen LogP contribution is 2.24. The Morgan fingerprint density at radius 3 is 2.26 bits per heavy atom. The maximum atomic E-state index is 13.2. The predicted molar refractivity (Wildman–Crippen MR) is 81.3 cm³/mol. The van der Waals surface area contributed by atoms with Crippen LogP contribution in [0.2, 0.25) is 0 Å². The van der Waals surface area contributed by atoms with Gasteiger partial charge in [-0.3, -0.25) is 4.98 Å². The van der Waals surface area contributed by atoms with Crippen LogP contribution in [0.25, 0.3) is 17.1 Å². The minimum Gasteiger partial charge on any atom is -0.349 e. The van der Waals surface area contributed by atoms with Crippen molar-refractivity contribution in [1.82, 2.24) is 19.7 Å². The molecule has 0 saturated carbocycles. The standard InChI is InChI=1S/C16H15FN4O2/c1-22-16(23-2)14-19-15(11-7-9-18-10-8-11)21(20-14)13-5-3-12(17)4-6-13/h3-10,16H,1-2H3. The molecule has 3 rings (SSSR count). The molecule has 0 N–H and O–H groups in total. The number of halogens is 1. The van der Waals surface area contributed by atoms with E-state index >= 15 is 0 Å². The number of methoxy groups -OCH3 is 2. The van der Waals surface area contributed by atoms with Gasteiger partial charge in [0.2, 0.25) is 12.1 Å². The van der Waals surface area contributed by atoms with E-state index in [0.717, 1.165) is 5.56 Å². The summed E-state index contributed by atoms with van der Waals surface area (Å²) in [5.41, 5.74) is 1.51. The van der Waals surface area contributed by atoms with E-state index in [2.05, 4.69) is 15.1 Å². The van der Waals surface area contributed by atoms with E-state index in [1.165, 1.54) is 26.4 Å². The molecular formula is C16H15FN4O2. The first-order valence-corrected chi connectivity index (χ1v) is 6.92. The first kappa shape index (κ1) is 15.3. The molecule has 0 aliphatic rings. The maximum Gasteiger partial charge on any atom is 0.220 e. The second kappa shape index (κ2) is 6.64. The summed E-state index contributed by atoms with van der Waals surface area (Å²) < 4.78 is 25.2. The molecule has 0 aliphatic carbocycles. The zero-order chi connectivity index (χ0) is 16.2. The Kier molecular flexibility index (Phi) is 4.40. The lowest BCUT2D eigenvalue weighted by atomic mass is 10.2. The SMILES string of the molecule is COC(OC)c1nc(-c2ccncc2)n(-c2ccc(F)cc2)n1. The smallest absolute Gasteiger partial charge is 0.220 e. The normalized spacial score (nSPS) is 11.1. The molecule has 1 aromatic carbocycles. The van der Waals surface area contributed by atoms with E-state index in [4.69, 9.17) is 9.47 Å². The summed E-state index contributed by atoms with van der Waals surface area (Å²) >= 11 is 0. The number of ether oxygens (including phenoxy) is 2. The van der Waals surface area contributed by atoms with Crippen molar-refractivity contribution in [2.45, 2.75) is 6.29 Å². The zero-order valence-corrected chi connectivity index (χ0v) is 12.7. The highest BCUT2D eigenvalue weighted by atomic mass is 19.1. The van der Waals surface area contributed by atoms with Crippen LogP contribution in [0, 0.1) is 5.82 Å². The van der Waals surface area contributed by atoms with Crippen molar-refractivity contribution in [2.24, 2.45) is 0 Å². The van der Waals surface area contributed by atoms with Gasteiger partial charge in [0.1, 0.15) is 5.82 Å². The van der Waals surface area contributed by atoms with Crippen LogP contribution < -0.4 is 0 Å². The molecule has 0 spiro atoms. The Morgan fingerprint density at radius 1 is 1.00 bits per heavy atom. The molecule has 118 valence electrons. The summed E-state index contributed by atoms with van der Waals surface area (Å²) in [6.45, 7) is 0. The van der Waals surface area contributed by atoms with Crippen molar-refractivity contribution in [2.75, 3.05) is 14.2 Å². The number of aromatic nitrogens is 4. The van der Waals surface area contributed by atoms with E-state index in [9.17, 15) is 4.39 Å². The first-order valence-electron chi connectivity index (χ1n) is 6.92. The maximum absolute atomic E-state index is 13.2. The number of rotatable bonds is 5. The van der Waals surface area contributed by atoms with Crippen LogP contribution in [0.15, 0.2) is 48.8 Å². The molecule has 0 unspecified atom stereocenters. The van der Waals surface area contributed by atoms with Gasteiger partial charge in [-0.05, 0) is 36.4 Å². The lowest BCUT2D eigenvalue weighted by molar-refractivity contribution is -0.111. The third-order valence-electron chi connectivity index (χ3n) is 3.27. The van der Waals surface area contributed by atoms with Crippen molar-refractivity contribution < 1.29 is 13.9 Å². The Balaban J connectivity index is 2.14. The molecule has 0 saturated heterocycles. The van der Waals surface area contributed by atoms with Crippen molar-refractivity contribution in [1.29, 1.82) is 0 Å². The average molecular weight is 314 g/mol. The molecule has 2 aromatic heterocycles. The number of hydrogen-bond donors (Lipinski definition) is 0. The second-order valence-corrected chi connectivity index (χ2v) is 4.72. The van der Waals surface area contributed by atoms with Gasteiger partial charge in [-0.15, -0.1) is 5.10 Å². The van der Waals surface area contributed by atoms with Gasteiger partial charge in [-0.2, -0.15) is 0 Å². The lowest BCUT2D eigenvalue weighted by Crippen LogP contribution is -2.06. The van der Waals surface area contributed by atoms with Gasteiger partial charge in [-0.1, -0.05) is 0 Å². The number of benzene rings is 1. The summed E-state index contributed by atoms with van der Waals surface area (Å²) in [6.07, 6.45) is 2.66. The fraction of sp³-hybridized carbons (Fsp3) is 0.188. The van der Waals surface area contributed by atoms with Crippen LogP contribution in [0.3, 0.4) is 0 Å². The molecule has 0 amide bonds. The first-order chi connectivity index (χ1) is 11.2. The molecule has 0 atom stereocenters. The topological polar surface area (TPSA) is 62.1 Å². The van der Waals surface area contributed by atoms with Gasteiger partial charge in [0.15, 0.2) is 5.82 Å². The van der Waals surface area contributed by atoms with Crippen LogP contribution in [-0.2, 0) is 9.47 Å². The third kappa shape index (κ3) is 3.10. The molecule has 3 aromatic rings. The quantitative estimate of drug-likeness (QED) is 0.678. The summed E-state index contributed by atoms with van der Waals surface area (Å²) in [5.74, 6) is 0.658. The van der Waals surface area contributed by atoms with E-state index in [1.807, 2.05) is 12.1 Å². The molecule has 2 heterocycles. The van der Waals surface area contributed by atoms with Gasteiger partial charge < -0.3 is 9.47 Å². The Labute approximate surface area is 132 Å². The van der Waals surface area contributed by atoms with Crippen molar-refractivity contribution in [3.05, 3.63) is 60.4 Å². The van der Waals surface area contributed by atoms with Crippen LogP contribution in [0.5, 0.6) is 0 Å². The van der Waals surface area contributed by atoms with Gasteiger partial charge in [-0.25, -0.2) is 14.1 Å². The van der Waals surface area contributed by atoms with Crippen molar-refractivity contribution in [3.8, 4) is 17.1 Å². The highest BCUT2D eigenvalue weighted by molar-refractivity contribution is 5.57. The van der Waals surface area contributed by atoms with E-state index < -0.39 is 6.29 Å². The lowest BCUT2D eigenvalue weighted by Gasteiger charge is -2.08. The average Bonchev–Trinajstić information content (AvgIpc) is 3.02. The predicted octanol–water partition coefficient (Wildman–Crippen LogP) is 2.76. The van der Waals surface area contributed by atoms with Crippen molar-refractivity contribution in [3.63, 3.8) is 0 Å². The fourth-order valence-corrected chi connectivity index (χ4v) is 2.19. The summed E-state index contributed by atoms with van der Waals surface area (Å²) in [4.78, 5) is 8.50. The van der Waals surface area contributed by atoms with E-state index in [1.54, 1.807) is 29.2 Å². The number of nitrogens with zero attached hydrogens (tertiary/aromatic N) is 4. The molecule has 0 bridgehead atoms. The van der Waals surface area contributed by atoms with Crippen LogP contribution in [0.1, 0.15) is 12.1 Å². The van der Waals surface area contributed by atoms with Gasteiger partial charge in [0, 0.05) is 32.2 Å². The van der Waals surface area contributed by atoms with Crippen LogP contribution >= 0.6 is 0 Å². The Bertz CT molecular complexity index is 771. The van der Waals surface area contributed by atoms with Crippen molar-refractivity contribution >= 4 is 0 Å².